The molecule has 2 rings (SSSR count). The van der Waals surface area contributed by atoms with Gasteiger partial charge in [-0.3, -0.25) is 4.68 Å². The largest absolute Gasteiger partial charge is 0.382 e. The molecule has 0 saturated carbocycles. The van der Waals surface area contributed by atoms with E-state index in [9.17, 15) is 0 Å². The summed E-state index contributed by atoms with van der Waals surface area (Å²) in [6, 6.07) is 8.06. The van der Waals surface area contributed by atoms with Gasteiger partial charge in [0.15, 0.2) is 5.82 Å². The van der Waals surface area contributed by atoms with Crippen molar-refractivity contribution >= 4 is 21.7 Å². The molecule has 78 valence electrons. The van der Waals surface area contributed by atoms with E-state index in [1.54, 1.807) is 4.68 Å². The van der Waals surface area contributed by atoms with Crippen LogP contribution >= 0.6 is 15.9 Å². The number of hydrogen-bond donors (Lipinski definition) is 1. The van der Waals surface area contributed by atoms with Crippen LogP contribution in [0.25, 0.3) is 11.1 Å². The van der Waals surface area contributed by atoms with Crippen LogP contribution in [0.2, 0.25) is 0 Å². The lowest BCUT2D eigenvalue weighted by atomic mass is 10.1. The highest BCUT2D eigenvalue weighted by atomic mass is 79.9. The predicted molar refractivity (Wildman–Crippen MR) is 65.5 cm³/mol. The van der Waals surface area contributed by atoms with Gasteiger partial charge in [0, 0.05) is 22.8 Å². The summed E-state index contributed by atoms with van der Waals surface area (Å²) >= 11 is 3.45. The molecule has 0 aliphatic rings. The van der Waals surface area contributed by atoms with Crippen molar-refractivity contribution in [3.8, 4) is 11.1 Å². The standard InChI is InChI=1S/C11H12BrN3/c1-7-10(11(13)14-15(7)2)8-4-3-5-9(12)6-8/h3-6H,1-2H3,(H2,13,14). The fraction of sp³-hybridized carbons (Fsp3) is 0.182. The van der Waals surface area contributed by atoms with Gasteiger partial charge in [-0.05, 0) is 24.6 Å². The zero-order valence-electron chi connectivity index (χ0n) is 8.66. The quantitative estimate of drug-likeness (QED) is 0.862. The summed E-state index contributed by atoms with van der Waals surface area (Å²) in [5, 5.41) is 4.20. The second-order valence-corrected chi connectivity index (χ2v) is 4.40. The van der Waals surface area contributed by atoms with E-state index in [0.717, 1.165) is 21.3 Å². The van der Waals surface area contributed by atoms with Crippen LogP contribution in [0, 0.1) is 6.92 Å². The molecule has 0 unspecified atom stereocenters. The first kappa shape index (κ1) is 10.2. The number of anilines is 1. The van der Waals surface area contributed by atoms with E-state index >= 15 is 0 Å². The number of benzene rings is 1. The number of nitrogens with two attached hydrogens (primary N) is 1. The molecule has 1 aromatic carbocycles. The number of aromatic nitrogens is 2. The normalized spacial score (nSPS) is 10.6. The van der Waals surface area contributed by atoms with E-state index < -0.39 is 0 Å². The van der Waals surface area contributed by atoms with Gasteiger partial charge < -0.3 is 5.73 Å². The van der Waals surface area contributed by atoms with Crippen LogP contribution in [-0.2, 0) is 7.05 Å². The Bertz CT molecular complexity index is 503. The number of hydrogen-bond acceptors (Lipinski definition) is 2. The Morgan fingerprint density at radius 1 is 1.40 bits per heavy atom. The molecule has 0 fully saturated rings. The average molecular weight is 266 g/mol. The van der Waals surface area contributed by atoms with Crippen LogP contribution in [0.1, 0.15) is 5.69 Å². The molecular formula is C11H12BrN3. The average Bonchev–Trinajstić information content (AvgIpc) is 2.41. The van der Waals surface area contributed by atoms with E-state index in [1.165, 1.54) is 0 Å². The van der Waals surface area contributed by atoms with Crippen molar-refractivity contribution in [3.05, 3.63) is 34.4 Å². The van der Waals surface area contributed by atoms with Crippen LogP contribution in [0.5, 0.6) is 0 Å². The number of halogens is 1. The molecule has 0 atom stereocenters. The molecule has 0 aliphatic carbocycles. The molecule has 4 heteroatoms. The third-order valence-corrected chi connectivity index (χ3v) is 2.97. The Hall–Kier alpha value is -1.29. The number of rotatable bonds is 1. The molecule has 1 heterocycles. The highest BCUT2D eigenvalue weighted by Crippen LogP contribution is 2.30. The third kappa shape index (κ3) is 1.77. The maximum atomic E-state index is 5.88. The van der Waals surface area contributed by atoms with Crippen molar-refractivity contribution in [1.82, 2.24) is 9.78 Å². The minimum Gasteiger partial charge on any atom is -0.382 e. The van der Waals surface area contributed by atoms with Crippen LogP contribution in [-0.4, -0.2) is 9.78 Å². The first-order valence-corrected chi connectivity index (χ1v) is 5.44. The fourth-order valence-electron chi connectivity index (χ4n) is 1.63. The maximum absolute atomic E-state index is 5.88. The lowest BCUT2D eigenvalue weighted by Gasteiger charge is -2.02. The van der Waals surface area contributed by atoms with Crippen LogP contribution in [0.4, 0.5) is 5.82 Å². The molecule has 3 nitrogen and oxygen atoms in total. The van der Waals surface area contributed by atoms with Gasteiger partial charge in [-0.15, -0.1) is 0 Å². The Balaban J connectivity index is 2.63. The van der Waals surface area contributed by atoms with E-state index in [-0.39, 0.29) is 0 Å². The summed E-state index contributed by atoms with van der Waals surface area (Å²) < 4.78 is 2.84. The van der Waals surface area contributed by atoms with E-state index in [0.29, 0.717) is 5.82 Å². The molecule has 15 heavy (non-hydrogen) atoms. The summed E-state index contributed by atoms with van der Waals surface area (Å²) in [4.78, 5) is 0. The van der Waals surface area contributed by atoms with Crippen molar-refractivity contribution in [2.75, 3.05) is 5.73 Å². The summed E-state index contributed by atoms with van der Waals surface area (Å²) in [5.41, 5.74) is 9.05. The summed E-state index contributed by atoms with van der Waals surface area (Å²) in [5.74, 6) is 0.577. The highest BCUT2D eigenvalue weighted by Gasteiger charge is 2.11. The van der Waals surface area contributed by atoms with Gasteiger partial charge in [0.05, 0.1) is 0 Å². The van der Waals surface area contributed by atoms with Gasteiger partial charge in [0.1, 0.15) is 0 Å². The smallest absolute Gasteiger partial charge is 0.153 e. The fourth-order valence-corrected chi connectivity index (χ4v) is 2.03. The molecule has 0 bridgehead atoms. The Morgan fingerprint density at radius 3 is 2.67 bits per heavy atom. The Kier molecular flexibility index (Phi) is 2.52. The first-order valence-electron chi connectivity index (χ1n) is 4.64. The SMILES string of the molecule is Cc1c(-c2cccc(Br)c2)c(N)nn1C. The van der Waals surface area contributed by atoms with Crippen LogP contribution < -0.4 is 5.73 Å². The molecular weight excluding hydrogens is 254 g/mol. The Morgan fingerprint density at radius 2 is 2.13 bits per heavy atom. The van der Waals surface area contributed by atoms with Crippen molar-refractivity contribution < 1.29 is 0 Å². The number of aryl methyl sites for hydroxylation is 1. The summed E-state index contributed by atoms with van der Waals surface area (Å²) in [7, 11) is 1.90. The monoisotopic (exact) mass is 265 g/mol. The van der Waals surface area contributed by atoms with Gasteiger partial charge in [-0.2, -0.15) is 5.10 Å². The van der Waals surface area contributed by atoms with E-state index in [4.69, 9.17) is 5.73 Å². The van der Waals surface area contributed by atoms with E-state index in [1.807, 2.05) is 38.2 Å². The molecule has 0 spiro atoms. The van der Waals surface area contributed by atoms with Crippen LogP contribution in [0.3, 0.4) is 0 Å². The topological polar surface area (TPSA) is 43.8 Å². The second-order valence-electron chi connectivity index (χ2n) is 3.48. The molecule has 2 N–H and O–H groups in total. The zero-order valence-corrected chi connectivity index (χ0v) is 10.2. The van der Waals surface area contributed by atoms with Crippen molar-refractivity contribution in [2.24, 2.45) is 7.05 Å². The molecule has 0 aliphatic heterocycles. The molecule has 0 saturated heterocycles. The summed E-state index contributed by atoms with van der Waals surface area (Å²) in [6.45, 7) is 2.01. The van der Waals surface area contributed by atoms with Gasteiger partial charge in [-0.1, -0.05) is 28.1 Å². The minimum atomic E-state index is 0.577. The lowest BCUT2D eigenvalue weighted by Crippen LogP contribution is -1.93. The van der Waals surface area contributed by atoms with E-state index in [2.05, 4.69) is 21.0 Å². The van der Waals surface area contributed by atoms with Crippen molar-refractivity contribution in [3.63, 3.8) is 0 Å². The van der Waals surface area contributed by atoms with Crippen LogP contribution in [0.15, 0.2) is 28.7 Å². The molecule has 0 amide bonds. The minimum absolute atomic E-state index is 0.577. The Labute approximate surface area is 97.0 Å². The van der Waals surface area contributed by atoms with Gasteiger partial charge in [-0.25, -0.2) is 0 Å². The maximum Gasteiger partial charge on any atom is 0.153 e. The number of nitrogens with zero attached hydrogens (tertiary/aromatic N) is 2. The van der Waals surface area contributed by atoms with Gasteiger partial charge in [0.25, 0.3) is 0 Å². The zero-order chi connectivity index (χ0) is 11.0. The van der Waals surface area contributed by atoms with Crippen molar-refractivity contribution in [2.45, 2.75) is 6.92 Å². The second kappa shape index (κ2) is 3.70. The molecule has 0 radical (unpaired) electrons. The molecule has 1 aromatic heterocycles. The van der Waals surface area contributed by atoms with Crippen molar-refractivity contribution in [1.29, 1.82) is 0 Å². The molecule has 2 aromatic rings. The highest BCUT2D eigenvalue weighted by molar-refractivity contribution is 9.10. The van der Waals surface area contributed by atoms with Gasteiger partial charge in [0.2, 0.25) is 0 Å². The summed E-state index contributed by atoms with van der Waals surface area (Å²) in [6.07, 6.45) is 0. The first-order chi connectivity index (χ1) is 7.09. The number of nitrogen functional groups attached to an aromatic ring is 1. The van der Waals surface area contributed by atoms with Gasteiger partial charge >= 0.3 is 0 Å². The lowest BCUT2D eigenvalue weighted by molar-refractivity contribution is 0.744. The third-order valence-electron chi connectivity index (χ3n) is 2.47. The predicted octanol–water partition coefficient (Wildman–Crippen LogP) is 2.74.